The van der Waals surface area contributed by atoms with Gasteiger partial charge in [-0.1, -0.05) is 36.7 Å². The number of likely N-dealkylation sites (N-methyl/N-ethyl adjacent to an activating group) is 1. The number of hydrogen-bond donors (Lipinski definition) is 0. The van der Waals surface area contributed by atoms with Gasteiger partial charge in [-0.3, -0.25) is 19.4 Å². The third-order valence-electron chi connectivity index (χ3n) is 4.78. The number of halogens is 1. The Hall–Kier alpha value is -3.32. The SMILES string of the molecule is CCCN1C(=O)C(=Cc2ccc(OCc3ccc(Cl)cc3)c(OC)c2)C(=O)N(C)C1=O. The number of benzene rings is 2. The predicted molar refractivity (Wildman–Crippen MR) is 117 cm³/mol. The van der Waals surface area contributed by atoms with Crippen molar-refractivity contribution in [2.45, 2.75) is 20.0 Å². The van der Waals surface area contributed by atoms with Crippen LogP contribution in [0.15, 0.2) is 48.0 Å². The van der Waals surface area contributed by atoms with E-state index in [1.165, 1.54) is 20.2 Å². The first-order valence-electron chi connectivity index (χ1n) is 9.76. The van der Waals surface area contributed by atoms with Gasteiger partial charge >= 0.3 is 6.03 Å². The molecule has 1 aliphatic rings. The maximum atomic E-state index is 12.7. The summed E-state index contributed by atoms with van der Waals surface area (Å²) in [5.74, 6) is -0.268. The predicted octanol–water partition coefficient (Wildman–Crippen LogP) is 4.14. The lowest BCUT2D eigenvalue weighted by atomic mass is 10.1. The van der Waals surface area contributed by atoms with E-state index in [1.54, 1.807) is 30.3 Å². The molecule has 0 aromatic heterocycles. The zero-order valence-corrected chi connectivity index (χ0v) is 18.3. The molecule has 3 rings (SSSR count). The lowest BCUT2D eigenvalue weighted by Crippen LogP contribution is -2.54. The molecular formula is C23H23ClN2O5. The molecule has 2 aromatic rings. The molecule has 1 heterocycles. The van der Waals surface area contributed by atoms with E-state index >= 15 is 0 Å². The maximum absolute atomic E-state index is 12.7. The molecular weight excluding hydrogens is 420 g/mol. The summed E-state index contributed by atoms with van der Waals surface area (Å²) in [5.41, 5.74) is 1.44. The van der Waals surface area contributed by atoms with E-state index in [-0.39, 0.29) is 12.1 Å². The molecule has 0 unspecified atom stereocenters. The lowest BCUT2D eigenvalue weighted by Gasteiger charge is -2.31. The van der Waals surface area contributed by atoms with Crippen LogP contribution in [0.2, 0.25) is 5.02 Å². The Bertz CT molecular complexity index is 1030. The van der Waals surface area contributed by atoms with Crippen molar-refractivity contribution in [3.63, 3.8) is 0 Å². The zero-order chi connectivity index (χ0) is 22.5. The Morgan fingerprint density at radius 3 is 2.35 bits per heavy atom. The van der Waals surface area contributed by atoms with Crippen LogP contribution < -0.4 is 9.47 Å². The highest BCUT2D eigenvalue weighted by Crippen LogP contribution is 2.30. The summed E-state index contributed by atoms with van der Waals surface area (Å²) in [7, 11) is 2.87. The van der Waals surface area contributed by atoms with Gasteiger partial charge in [0.05, 0.1) is 7.11 Å². The Labute approximate surface area is 185 Å². The van der Waals surface area contributed by atoms with E-state index in [2.05, 4.69) is 0 Å². The number of imide groups is 2. The standard InChI is InChI=1S/C23H23ClN2O5/c1-4-11-26-22(28)18(21(27)25(2)23(26)29)12-16-7-10-19(20(13-16)30-3)31-14-15-5-8-17(24)9-6-15/h5-10,12-13H,4,11,14H2,1-3H3. The van der Waals surface area contributed by atoms with Gasteiger partial charge in [-0.2, -0.15) is 0 Å². The van der Waals surface area contributed by atoms with E-state index < -0.39 is 17.8 Å². The summed E-state index contributed by atoms with van der Waals surface area (Å²) >= 11 is 5.90. The Morgan fingerprint density at radius 1 is 1.00 bits per heavy atom. The van der Waals surface area contributed by atoms with Gasteiger partial charge in [0.1, 0.15) is 12.2 Å². The Balaban J connectivity index is 1.84. The third kappa shape index (κ3) is 4.88. The van der Waals surface area contributed by atoms with Crippen LogP contribution in [0.4, 0.5) is 4.79 Å². The second-order valence-electron chi connectivity index (χ2n) is 6.99. The second-order valence-corrected chi connectivity index (χ2v) is 7.42. The number of urea groups is 1. The highest BCUT2D eigenvalue weighted by molar-refractivity contribution is 6.31. The lowest BCUT2D eigenvalue weighted by molar-refractivity contribution is -0.135. The van der Waals surface area contributed by atoms with Gasteiger partial charge < -0.3 is 9.47 Å². The minimum absolute atomic E-state index is 0.0764. The normalized spacial score (nSPS) is 15.6. The van der Waals surface area contributed by atoms with Crippen LogP contribution in [0.1, 0.15) is 24.5 Å². The zero-order valence-electron chi connectivity index (χ0n) is 17.6. The number of methoxy groups -OCH3 is 1. The van der Waals surface area contributed by atoms with Crippen molar-refractivity contribution >= 4 is 35.5 Å². The van der Waals surface area contributed by atoms with Crippen LogP contribution in [0.5, 0.6) is 11.5 Å². The van der Waals surface area contributed by atoms with Crippen LogP contribution in [0.25, 0.3) is 6.08 Å². The highest BCUT2D eigenvalue weighted by atomic mass is 35.5. The Kier molecular flexibility index (Phi) is 6.97. The fraction of sp³-hybridized carbons (Fsp3) is 0.261. The smallest absolute Gasteiger partial charge is 0.333 e. The highest BCUT2D eigenvalue weighted by Gasteiger charge is 2.39. The molecule has 8 heteroatoms. The van der Waals surface area contributed by atoms with Gasteiger partial charge in [-0.05, 0) is 47.9 Å². The number of barbiturate groups is 1. The summed E-state index contributed by atoms with van der Waals surface area (Å²) in [6.45, 7) is 2.42. The molecule has 1 aliphatic heterocycles. The molecule has 1 fully saturated rings. The molecule has 2 aromatic carbocycles. The number of carbonyl (C=O) groups excluding carboxylic acids is 3. The van der Waals surface area contributed by atoms with Gasteiger partial charge in [-0.15, -0.1) is 0 Å². The van der Waals surface area contributed by atoms with E-state index in [0.29, 0.717) is 35.1 Å². The number of rotatable bonds is 7. The molecule has 0 saturated carbocycles. The molecule has 31 heavy (non-hydrogen) atoms. The number of carbonyl (C=O) groups is 3. The largest absolute Gasteiger partial charge is 0.493 e. The molecule has 0 N–H and O–H groups in total. The van der Waals surface area contributed by atoms with Gasteiger partial charge in [0.15, 0.2) is 11.5 Å². The van der Waals surface area contributed by atoms with Gasteiger partial charge in [0.2, 0.25) is 0 Å². The van der Waals surface area contributed by atoms with Gasteiger partial charge in [0.25, 0.3) is 11.8 Å². The average Bonchev–Trinajstić information content (AvgIpc) is 2.78. The molecule has 4 amide bonds. The quantitative estimate of drug-likeness (QED) is 0.475. The maximum Gasteiger partial charge on any atom is 0.333 e. The summed E-state index contributed by atoms with van der Waals surface area (Å²) in [6, 6.07) is 11.8. The van der Waals surface area contributed by atoms with Crippen LogP contribution in [0.3, 0.4) is 0 Å². The summed E-state index contributed by atoms with van der Waals surface area (Å²) < 4.78 is 11.3. The second kappa shape index (κ2) is 9.66. The Morgan fingerprint density at radius 2 is 1.71 bits per heavy atom. The van der Waals surface area contributed by atoms with Crippen molar-refractivity contribution in [3.8, 4) is 11.5 Å². The first kappa shape index (κ1) is 22.4. The summed E-state index contributed by atoms with van der Waals surface area (Å²) in [5, 5.41) is 0.648. The van der Waals surface area contributed by atoms with Crippen LogP contribution in [0, 0.1) is 0 Å². The van der Waals surface area contributed by atoms with Crippen LogP contribution in [-0.2, 0) is 16.2 Å². The topological polar surface area (TPSA) is 76.2 Å². The molecule has 0 bridgehead atoms. The fourth-order valence-electron chi connectivity index (χ4n) is 3.12. The van der Waals surface area contributed by atoms with E-state index in [4.69, 9.17) is 21.1 Å². The van der Waals surface area contributed by atoms with Crippen molar-refractivity contribution < 1.29 is 23.9 Å². The average molecular weight is 443 g/mol. The van der Waals surface area contributed by atoms with E-state index in [9.17, 15) is 14.4 Å². The fourth-order valence-corrected chi connectivity index (χ4v) is 3.24. The number of nitrogens with zero attached hydrogens (tertiary/aromatic N) is 2. The molecule has 0 aliphatic carbocycles. The number of amides is 4. The minimum atomic E-state index is -0.635. The molecule has 0 atom stereocenters. The minimum Gasteiger partial charge on any atom is -0.493 e. The molecule has 7 nitrogen and oxygen atoms in total. The van der Waals surface area contributed by atoms with Crippen LogP contribution in [-0.4, -0.2) is 48.3 Å². The third-order valence-corrected chi connectivity index (χ3v) is 5.03. The van der Waals surface area contributed by atoms with E-state index in [1.807, 2.05) is 19.1 Å². The van der Waals surface area contributed by atoms with Crippen molar-refractivity contribution in [2.75, 3.05) is 20.7 Å². The molecule has 0 radical (unpaired) electrons. The molecule has 162 valence electrons. The van der Waals surface area contributed by atoms with Crippen molar-refractivity contribution in [3.05, 3.63) is 64.2 Å². The van der Waals surface area contributed by atoms with Gasteiger partial charge in [-0.25, -0.2) is 4.79 Å². The first-order chi connectivity index (χ1) is 14.8. The van der Waals surface area contributed by atoms with Crippen molar-refractivity contribution in [1.82, 2.24) is 9.80 Å². The summed E-state index contributed by atoms with van der Waals surface area (Å²) in [6.07, 6.45) is 2.06. The van der Waals surface area contributed by atoms with Crippen molar-refractivity contribution in [1.29, 1.82) is 0 Å². The monoisotopic (exact) mass is 442 g/mol. The summed E-state index contributed by atoms with van der Waals surface area (Å²) in [4.78, 5) is 39.5. The molecule has 1 saturated heterocycles. The number of hydrogen-bond acceptors (Lipinski definition) is 5. The first-order valence-corrected chi connectivity index (χ1v) is 10.1. The number of ether oxygens (including phenoxy) is 2. The molecule has 0 spiro atoms. The van der Waals surface area contributed by atoms with Gasteiger partial charge in [0, 0.05) is 18.6 Å². The van der Waals surface area contributed by atoms with E-state index in [0.717, 1.165) is 15.4 Å². The van der Waals surface area contributed by atoms with Crippen molar-refractivity contribution in [2.24, 2.45) is 0 Å². The van der Waals surface area contributed by atoms with Crippen LogP contribution >= 0.6 is 11.6 Å².